The number of carbonyl (C=O) groups is 1. The van der Waals surface area contributed by atoms with E-state index in [1.165, 1.54) is 6.92 Å². The lowest BCUT2D eigenvalue weighted by atomic mass is 10.3. The van der Waals surface area contributed by atoms with Gasteiger partial charge in [0.2, 0.25) is 0 Å². The molecule has 3 nitrogen and oxygen atoms in total. The van der Waals surface area contributed by atoms with Crippen molar-refractivity contribution in [1.29, 1.82) is 0 Å². The first-order valence-corrected chi connectivity index (χ1v) is 6.92. The molecule has 110 valence electrons. The van der Waals surface area contributed by atoms with Crippen LogP contribution in [0.5, 0.6) is 11.5 Å². The highest BCUT2D eigenvalue weighted by molar-refractivity contribution is 7.80. The van der Waals surface area contributed by atoms with E-state index in [4.69, 9.17) is 9.84 Å². The summed E-state index contributed by atoms with van der Waals surface area (Å²) in [5, 5.41) is 7.89. The summed E-state index contributed by atoms with van der Waals surface area (Å²) in [6.45, 7) is 4.60. The summed E-state index contributed by atoms with van der Waals surface area (Å²) < 4.78 is 5.62. The highest BCUT2D eigenvalue weighted by Gasteiger charge is 1.96. The Morgan fingerprint density at radius 1 is 0.952 bits per heavy atom. The molecule has 0 aromatic heterocycles. The molecule has 2 aromatic rings. The normalized spacial score (nSPS) is 9.29. The zero-order valence-electron chi connectivity index (χ0n) is 11.5. The minimum atomic E-state index is -0.935. The number of rotatable bonds is 3. The molecule has 21 heavy (non-hydrogen) atoms. The van der Waals surface area contributed by atoms with E-state index in [1.807, 2.05) is 48.5 Å². The molecule has 0 fully saturated rings. The summed E-state index contributed by atoms with van der Waals surface area (Å²) in [4.78, 5) is 11.4. The summed E-state index contributed by atoms with van der Waals surface area (Å²) in [6, 6.07) is 15.1. The Morgan fingerprint density at radius 2 is 1.24 bits per heavy atom. The Labute approximate surface area is 135 Å². The molecule has 5 heteroatoms. The first-order valence-electron chi connectivity index (χ1n) is 6.03. The van der Waals surface area contributed by atoms with Gasteiger partial charge in [-0.05, 0) is 55.5 Å². The van der Waals surface area contributed by atoms with Crippen molar-refractivity contribution in [3.63, 3.8) is 0 Å². The van der Waals surface area contributed by atoms with Crippen molar-refractivity contribution in [1.82, 2.24) is 0 Å². The van der Waals surface area contributed by atoms with Crippen LogP contribution in [0.25, 0.3) is 0 Å². The van der Waals surface area contributed by atoms with Crippen LogP contribution in [0.4, 0.5) is 0 Å². The van der Waals surface area contributed by atoms with Gasteiger partial charge in [-0.25, -0.2) is 4.79 Å². The van der Waals surface area contributed by atoms with Crippen molar-refractivity contribution in [2.24, 2.45) is 0 Å². The maximum Gasteiger partial charge on any atom is 0.330 e. The van der Waals surface area contributed by atoms with Crippen LogP contribution in [-0.4, -0.2) is 11.1 Å². The van der Waals surface area contributed by atoms with Crippen molar-refractivity contribution < 1.29 is 14.6 Å². The van der Waals surface area contributed by atoms with Crippen LogP contribution in [0.1, 0.15) is 6.92 Å². The van der Waals surface area contributed by atoms with Crippen molar-refractivity contribution in [3.05, 3.63) is 60.7 Å². The number of benzene rings is 2. The van der Waals surface area contributed by atoms with Crippen LogP contribution in [0.3, 0.4) is 0 Å². The third-order valence-electron chi connectivity index (χ3n) is 2.27. The van der Waals surface area contributed by atoms with Crippen molar-refractivity contribution in [2.75, 3.05) is 0 Å². The van der Waals surface area contributed by atoms with Crippen LogP contribution < -0.4 is 4.74 Å². The molecule has 0 aliphatic heterocycles. The molecule has 0 atom stereocenters. The fraction of sp³-hybridized carbons (Fsp3) is 0.0625. The molecular weight excluding hydrogens is 304 g/mol. The van der Waals surface area contributed by atoms with E-state index in [-0.39, 0.29) is 5.57 Å². The zero-order chi connectivity index (χ0) is 15.8. The number of carboxylic acids is 1. The molecule has 2 rings (SSSR count). The third kappa shape index (κ3) is 6.92. The lowest BCUT2D eigenvalue weighted by Crippen LogP contribution is -1.92. The van der Waals surface area contributed by atoms with E-state index in [9.17, 15) is 4.79 Å². The van der Waals surface area contributed by atoms with E-state index in [2.05, 4.69) is 31.8 Å². The van der Waals surface area contributed by atoms with Gasteiger partial charge in [-0.1, -0.05) is 6.58 Å². The lowest BCUT2D eigenvalue weighted by molar-refractivity contribution is -0.132. The summed E-state index contributed by atoms with van der Waals surface area (Å²) in [6.07, 6.45) is 0. The molecule has 0 unspecified atom stereocenters. The molecular formula is C16H16O3S2. The highest BCUT2D eigenvalue weighted by Crippen LogP contribution is 2.23. The number of hydrogen-bond acceptors (Lipinski definition) is 4. The number of hydrogen-bond donors (Lipinski definition) is 3. The monoisotopic (exact) mass is 320 g/mol. The summed E-state index contributed by atoms with van der Waals surface area (Å²) in [5.74, 6) is 0.675. The Kier molecular flexibility index (Phi) is 6.91. The van der Waals surface area contributed by atoms with E-state index in [0.717, 1.165) is 21.3 Å². The maximum atomic E-state index is 9.60. The van der Waals surface area contributed by atoms with Gasteiger partial charge in [0.05, 0.1) is 0 Å². The van der Waals surface area contributed by atoms with Gasteiger partial charge in [0.15, 0.2) is 0 Å². The van der Waals surface area contributed by atoms with Crippen molar-refractivity contribution in [3.8, 4) is 11.5 Å². The minimum absolute atomic E-state index is 0.176. The third-order valence-corrected chi connectivity index (χ3v) is 2.87. The first-order chi connectivity index (χ1) is 9.88. The predicted octanol–water partition coefficient (Wildman–Crippen LogP) is 4.70. The molecule has 0 radical (unpaired) electrons. The van der Waals surface area contributed by atoms with E-state index < -0.39 is 5.97 Å². The van der Waals surface area contributed by atoms with E-state index in [0.29, 0.717) is 0 Å². The average molecular weight is 320 g/mol. The quantitative estimate of drug-likeness (QED) is 0.567. The van der Waals surface area contributed by atoms with Crippen molar-refractivity contribution >= 4 is 31.2 Å². The largest absolute Gasteiger partial charge is 0.478 e. The molecule has 0 aliphatic rings. The molecule has 0 spiro atoms. The SMILES string of the molecule is C=C(C)C(=O)O.Sc1ccc(Oc2ccc(S)cc2)cc1. The fourth-order valence-corrected chi connectivity index (χ4v) is 1.46. The predicted molar refractivity (Wildman–Crippen MR) is 89.9 cm³/mol. The van der Waals surface area contributed by atoms with Gasteiger partial charge >= 0.3 is 5.97 Å². The minimum Gasteiger partial charge on any atom is -0.478 e. The van der Waals surface area contributed by atoms with E-state index >= 15 is 0 Å². The Hall–Kier alpha value is -1.85. The van der Waals surface area contributed by atoms with Crippen LogP contribution >= 0.6 is 25.3 Å². The van der Waals surface area contributed by atoms with Gasteiger partial charge in [0.25, 0.3) is 0 Å². The van der Waals surface area contributed by atoms with Gasteiger partial charge in [0, 0.05) is 15.4 Å². The van der Waals surface area contributed by atoms with Gasteiger partial charge in [-0.2, -0.15) is 0 Å². The van der Waals surface area contributed by atoms with Gasteiger partial charge in [-0.15, -0.1) is 25.3 Å². The lowest BCUT2D eigenvalue weighted by Gasteiger charge is -2.05. The highest BCUT2D eigenvalue weighted by atomic mass is 32.1. The van der Waals surface area contributed by atoms with Crippen LogP contribution in [0.15, 0.2) is 70.5 Å². The van der Waals surface area contributed by atoms with E-state index in [1.54, 1.807) is 0 Å². The van der Waals surface area contributed by atoms with Crippen LogP contribution in [0, 0.1) is 0 Å². The second-order valence-electron chi connectivity index (χ2n) is 4.18. The molecule has 1 N–H and O–H groups in total. The topological polar surface area (TPSA) is 46.5 Å². The molecule has 0 amide bonds. The molecule has 2 aromatic carbocycles. The Balaban J connectivity index is 0.000000315. The average Bonchev–Trinajstić information content (AvgIpc) is 2.44. The molecule has 0 aliphatic carbocycles. The fourth-order valence-electron chi connectivity index (χ4n) is 1.16. The number of aliphatic carboxylic acids is 1. The zero-order valence-corrected chi connectivity index (χ0v) is 13.3. The Morgan fingerprint density at radius 3 is 1.48 bits per heavy atom. The van der Waals surface area contributed by atoms with Gasteiger partial charge in [-0.3, -0.25) is 0 Å². The number of carboxylic acid groups (broad SMARTS) is 1. The second kappa shape index (κ2) is 8.44. The molecule has 0 saturated heterocycles. The first kappa shape index (κ1) is 17.2. The molecule has 0 bridgehead atoms. The standard InChI is InChI=1S/C12H10OS2.C4H6O2/c14-11-5-1-9(2-6-11)13-10-3-7-12(15)8-4-10;1-3(2)4(5)6/h1-8,14-15H;1H2,2H3,(H,5,6). The molecule has 0 saturated carbocycles. The second-order valence-corrected chi connectivity index (χ2v) is 5.21. The summed E-state index contributed by atoms with van der Waals surface area (Å²) in [7, 11) is 0. The Bertz CT molecular complexity index is 549. The molecule has 0 heterocycles. The van der Waals surface area contributed by atoms with Crippen LogP contribution in [0.2, 0.25) is 0 Å². The van der Waals surface area contributed by atoms with Gasteiger partial charge in [0.1, 0.15) is 11.5 Å². The summed E-state index contributed by atoms with van der Waals surface area (Å²) in [5.41, 5.74) is 0.176. The number of ether oxygens (including phenoxy) is 1. The van der Waals surface area contributed by atoms with Crippen LogP contribution in [-0.2, 0) is 4.79 Å². The maximum absolute atomic E-state index is 9.60. The summed E-state index contributed by atoms with van der Waals surface area (Å²) >= 11 is 8.41. The van der Waals surface area contributed by atoms with Crippen molar-refractivity contribution in [2.45, 2.75) is 16.7 Å². The number of thiol groups is 2. The smallest absolute Gasteiger partial charge is 0.330 e. The van der Waals surface area contributed by atoms with Gasteiger partial charge < -0.3 is 9.84 Å².